The number of carbonyl (C=O) groups is 1. The number of nitrogens with two attached hydrogens (primary N) is 1. The molecule has 0 aliphatic carbocycles. The lowest BCUT2D eigenvalue weighted by Gasteiger charge is -2.17. The van der Waals surface area contributed by atoms with Gasteiger partial charge >= 0.3 is 0 Å². The Balaban J connectivity index is 3.31. The SMILES string of the molecule is NC(=O)C(Br)(Br)c1cc(O)ccc1O. The van der Waals surface area contributed by atoms with Gasteiger partial charge in [0, 0.05) is 5.56 Å². The zero-order chi connectivity index (χ0) is 10.9. The lowest BCUT2D eigenvalue weighted by atomic mass is 10.1. The van der Waals surface area contributed by atoms with Crippen LogP contribution in [0, 0.1) is 0 Å². The fourth-order valence-corrected chi connectivity index (χ4v) is 1.54. The van der Waals surface area contributed by atoms with E-state index in [9.17, 15) is 15.0 Å². The van der Waals surface area contributed by atoms with Crippen molar-refractivity contribution in [2.75, 3.05) is 0 Å². The van der Waals surface area contributed by atoms with Crippen molar-refractivity contribution >= 4 is 37.8 Å². The lowest BCUT2D eigenvalue weighted by Crippen LogP contribution is -2.29. The van der Waals surface area contributed by atoms with Crippen molar-refractivity contribution in [2.45, 2.75) is 3.23 Å². The third kappa shape index (κ3) is 2.01. The molecule has 1 aromatic rings. The molecule has 0 radical (unpaired) electrons. The van der Waals surface area contributed by atoms with Crippen LogP contribution in [0.3, 0.4) is 0 Å². The van der Waals surface area contributed by atoms with Gasteiger partial charge in [-0.2, -0.15) is 0 Å². The van der Waals surface area contributed by atoms with E-state index in [-0.39, 0.29) is 17.1 Å². The number of primary amides is 1. The number of rotatable bonds is 2. The summed E-state index contributed by atoms with van der Waals surface area (Å²) in [5.74, 6) is -0.934. The number of carbonyl (C=O) groups excluding carboxylic acids is 1. The van der Waals surface area contributed by atoms with Gasteiger partial charge in [-0.1, -0.05) is 31.9 Å². The summed E-state index contributed by atoms with van der Waals surface area (Å²) in [6.45, 7) is 0. The molecule has 76 valence electrons. The fourth-order valence-electron chi connectivity index (χ4n) is 0.908. The highest BCUT2D eigenvalue weighted by Gasteiger charge is 2.35. The van der Waals surface area contributed by atoms with Gasteiger partial charge in [-0.05, 0) is 18.2 Å². The predicted molar refractivity (Wildman–Crippen MR) is 58.5 cm³/mol. The summed E-state index contributed by atoms with van der Waals surface area (Å²) in [6, 6.07) is 3.81. The van der Waals surface area contributed by atoms with E-state index in [0.29, 0.717) is 0 Å². The third-order valence-electron chi connectivity index (χ3n) is 1.63. The van der Waals surface area contributed by atoms with Crippen LogP contribution in [-0.2, 0) is 8.03 Å². The number of phenolic OH excluding ortho intramolecular Hbond substituents is 2. The van der Waals surface area contributed by atoms with E-state index >= 15 is 0 Å². The van der Waals surface area contributed by atoms with Crippen LogP contribution in [0.25, 0.3) is 0 Å². The van der Waals surface area contributed by atoms with Crippen LogP contribution in [0.2, 0.25) is 0 Å². The Morgan fingerprint density at radius 3 is 2.43 bits per heavy atom. The van der Waals surface area contributed by atoms with Crippen molar-refractivity contribution in [2.24, 2.45) is 5.73 Å². The Morgan fingerprint density at radius 1 is 1.36 bits per heavy atom. The Kier molecular flexibility index (Phi) is 3.06. The number of phenols is 2. The van der Waals surface area contributed by atoms with Crippen molar-refractivity contribution in [1.29, 1.82) is 0 Å². The number of hydrogen-bond acceptors (Lipinski definition) is 3. The molecule has 4 N–H and O–H groups in total. The van der Waals surface area contributed by atoms with Gasteiger partial charge in [0.15, 0.2) is 3.23 Å². The maximum atomic E-state index is 11.0. The van der Waals surface area contributed by atoms with Gasteiger partial charge in [-0.15, -0.1) is 0 Å². The maximum absolute atomic E-state index is 11.0. The summed E-state index contributed by atoms with van der Waals surface area (Å²) in [7, 11) is 0. The average Bonchev–Trinajstić information content (AvgIpc) is 2.08. The van der Waals surface area contributed by atoms with Gasteiger partial charge in [0.2, 0.25) is 5.91 Å². The van der Waals surface area contributed by atoms with Gasteiger partial charge in [0.1, 0.15) is 11.5 Å². The smallest absolute Gasteiger partial charge is 0.249 e. The third-order valence-corrected chi connectivity index (χ3v) is 3.26. The molecule has 1 amide bonds. The molecule has 0 unspecified atom stereocenters. The normalized spacial score (nSPS) is 11.3. The number of aromatic hydroxyl groups is 2. The second-order valence-corrected chi connectivity index (χ2v) is 6.08. The summed E-state index contributed by atoms with van der Waals surface area (Å²) in [4.78, 5) is 11.0. The molecule has 0 aliphatic rings. The molecular weight excluding hydrogens is 318 g/mol. The molecule has 1 rings (SSSR count). The maximum Gasteiger partial charge on any atom is 0.249 e. The first-order valence-electron chi connectivity index (χ1n) is 3.56. The highest BCUT2D eigenvalue weighted by atomic mass is 79.9. The molecule has 0 bridgehead atoms. The molecular formula is C8H7Br2NO3. The van der Waals surface area contributed by atoms with Crippen molar-refractivity contribution in [3.63, 3.8) is 0 Å². The minimum Gasteiger partial charge on any atom is -0.508 e. The van der Waals surface area contributed by atoms with Crippen LogP contribution in [0.15, 0.2) is 18.2 Å². The Hall–Kier alpha value is -0.750. The van der Waals surface area contributed by atoms with Crippen LogP contribution < -0.4 is 5.73 Å². The minimum absolute atomic E-state index is 0.0673. The molecule has 1 aromatic carbocycles. The summed E-state index contributed by atoms with van der Waals surface area (Å²) < 4.78 is -1.37. The molecule has 0 fully saturated rings. The Morgan fingerprint density at radius 2 is 1.93 bits per heavy atom. The molecule has 14 heavy (non-hydrogen) atoms. The first kappa shape index (κ1) is 11.3. The van der Waals surface area contributed by atoms with Gasteiger partial charge < -0.3 is 15.9 Å². The second-order valence-electron chi connectivity index (χ2n) is 2.64. The molecule has 0 saturated heterocycles. The van der Waals surface area contributed by atoms with E-state index in [4.69, 9.17) is 5.73 Å². The Bertz CT molecular complexity index is 379. The number of halogens is 2. The number of hydrogen-bond donors (Lipinski definition) is 3. The van der Waals surface area contributed by atoms with Crippen LogP contribution in [0.1, 0.15) is 5.56 Å². The number of alkyl halides is 2. The zero-order valence-corrected chi connectivity index (χ0v) is 10.0. The molecule has 0 aliphatic heterocycles. The van der Waals surface area contributed by atoms with Crippen LogP contribution in [-0.4, -0.2) is 16.1 Å². The molecule has 0 saturated carbocycles. The van der Waals surface area contributed by atoms with E-state index in [1.165, 1.54) is 18.2 Å². The number of benzene rings is 1. The molecule has 0 atom stereocenters. The van der Waals surface area contributed by atoms with Crippen LogP contribution >= 0.6 is 31.9 Å². The van der Waals surface area contributed by atoms with E-state index < -0.39 is 9.14 Å². The topological polar surface area (TPSA) is 83.6 Å². The predicted octanol–water partition coefficient (Wildman–Crippen LogP) is 1.53. The summed E-state index contributed by atoms with van der Waals surface area (Å²) in [5.41, 5.74) is 5.25. The van der Waals surface area contributed by atoms with Crippen molar-refractivity contribution in [1.82, 2.24) is 0 Å². The fraction of sp³-hybridized carbons (Fsp3) is 0.125. The Labute approximate surface area is 97.0 Å². The monoisotopic (exact) mass is 323 g/mol. The summed E-state index contributed by atoms with van der Waals surface area (Å²) >= 11 is 6.02. The first-order chi connectivity index (χ1) is 6.35. The first-order valence-corrected chi connectivity index (χ1v) is 5.14. The highest BCUT2D eigenvalue weighted by molar-refractivity contribution is 9.25. The zero-order valence-electron chi connectivity index (χ0n) is 6.87. The van der Waals surface area contributed by atoms with Crippen molar-refractivity contribution in [3.8, 4) is 11.5 Å². The minimum atomic E-state index is -1.37. The molecule has 6 heteroatoms. The van der Waals surface area contributed by atoms with Crippen molar-refractivity contribution in [3.05, 3.63) is 23.8 Å². The highest BCUT2D eigenvalue weighted by Crippen LogP contribution is 2.43. The molecule has 0 spiro atoms. The van der Waals surface area contributed by atoms with E-state index in [2.05, 4.69) is 31.9 Å². The second kappa shape index (κ2) is 3.78. The lowest BCUT2D eigenvalue weighted by molar-refractivity contribution is -0.118. The average molecular weight is 325 g/mol. The van der Waals surface area contributed by atoms with Gasteiger partial charge in [-0.3, -0.25) is 4.79 Å². The van der Waals surface area contributed by atoms with E-state index in [1.54, 1.807) is 0 Å². The van der Waals surface area contributed by atoms with Crippen LogP contribution in [0.5, 0.6) is 11.5 Å². The summed E-state index contributed by atoms with van der Waals surface area (Å²) in [5, 5.41) is 18.6. The molecule has 0 heterocycles. The number of amides is 1. The van der Waals surface area contributed by atoms with Gasteiger partial charge in [-0.25, -0.2) is 0 Å². The van der Waals surface area contributed by atoms with E-state index in [0.717, 1.165) is 0 Å². The van der Waals surface area contributed by atoms with Crippen LogP contribution in [0.4, 0.5) is 0 Å². The van der Waals surface area contributed by atoms with Gasteiger partial charge in [0.05, 0.1) is 0 Å². The largest absolute Gasteiger partial charge is 0.508 e. The van der Waals surface area contributed by atoms with Gasteiger partial charge in [0.25, 0.3) is 0 Å². The summed E-state index contributed by atoms with van der Waals surface area (Å²) in [6.07, 6.45) is 0. The van der Waals surface area contributed by atoms with Crippen molar-refractivity contribution < 1.29 is 15.0 Å². The quantitative estimate of drug-likeness (QED) is 0.570. The molecule has 0 aromatic heterocycles. The van der Waals surface area contributed by atoms with E-state index in [1.807, 2.05) is 0 Å². The molecule has 4 nitrogen and oxygen atoms in total. The standard InChI is InChI=1S/C8H7Br2NO3/c9-8(10,7(11)14)5-3-4(12)1-2-6(5)13/h1-3,12-13H,(H2,11,14).